The zero-order valence-electron chi connectivity index (χ0n) is 11.3. The minimum atomic E-state index is -3.83. The largest absolute Gasteiger partial charge is 0.530 e. The van der Waals surface area contributed by atoms with Crippen LogP contribution in [0.15, 0.2) is 36.4 Å². The molecule has 0 aliphatic heterocycles. The molecular weight excluding hydrogens is 353 g/mol. The molecule has 2 aromatic rings. The molecule has 0 aliphatic carbocycles. The van der Waals surface area contributed by atoms with E-state index in [0.717, 1.165) is 0 Å². The Morgan fingerprint density at radius 1 is 0.857 bits per heavy atom. The van der Waals surface area contributed by atoms with Gasteiger partial charge in [-0.15, -0.1) is 0 Å². The molecule has 0 saturated heterocycles. The van der Waals surface area contributed by atoms with Crippen LogP contribution in [0.2, 0.25) is 10.0 Å². The van der Waals surface area contributed by atoms with Crippen molar-refractivity contribution in [1.82, 2.24) is 0 Å². The first-order chi connectivity index (χ1) is 9.77. The Bertz CT molecular complexity index is 661. The van der Waals surface area contributed by atoms with E-state index in [1.807, 2.05) is 0 Å². The van der Waals surface area contributed by atoms with Crippen LogP contribution < -0.4 is 9.05 Å². The number of aryl methyl sites for hydroxylation is 2. The Morgan fingerprint density at radius 3 is 1.57 bits per heavy atom. The quantitative estimate of drug-likeness (QED) is 0.587. The lowest BCUT2D eigenvalue weighted by Gasteiger charge is -2.16. The van der Waals surface area contributed by atoms with Crippen molar-refractivity contribution in [3.63, 3.8) is 0 Å². The second kappa shape index (κ2) is 6.50. The van der Waals surface area contributed by atoms with Crippen LogP contribution in [0.4, 0.5) is 0 Å². The van der Waals surface area contributed by atoms with E-state index in [1.165, 1.54) is 0 Å². The minimum Gasteiger partial charge on any atom is -0.404 e. The fourth-order valence-electron chi connectivity index (χ4n) is 1.68. The maximum atomic E-state index is 12.3. The molecule has 2 aromatic carbocycles. The van der Waals surface area contributed by atoms with Gasteiger partial charge in [0.05, 0.1) is 0 Å². The predicted molar refractivity (Wildman–Crippen MR) is 87.1 cm³/mol. The lowest BCUT2D eigenvalue weighted by Crippen LogP contribution is -1.98. The Kier molecular flexibility index (Phi) is 5.11. The van der Waals surface area contributed by atoms with Crippen LogP contribution in [0.5, 0.6) is 11.5 Å². The van der Waals surface area contributed by atoms with Crippen molar-refractivity contribution in [2.24, 2.45) is 0 Å². The van der Waals surface area contributed by atoms with Crippen molar-refractivity contribution >= 4 is 41.4 Å². The predicted octanol–water partition coefficient (Wildman–Crippen LogP) is 6.41. The fraction of sp³-hybridized carbons (Fsp3) is 0.143. The molecular formula is C14H12Cl3O3P. The smallest absolute Gasteiger partial charge is 0.404 e. The molecule has 0 radical (unpaired) electrons. The van der Waals surface area contributed by atoms with Gasteiger partial charge in [0.15, 0.2) is 0 Å². The molecule has 7 heteroatoms. The first kappa shape index (κ1) is 16.5. The third kappa shape index (κ3) is 4.55. The summed E-state index contributed by atoms with van der Waals surface area (Å²) in [5, 5.41) is 1.11. The molecule has 0 atom stereocenters. The lowest BCUT2D eigenvalue weighted by molar-refractivity contribution is 0.404. The van der Waals surface area contributed by atoms with Crippen LogP contribution in [0.3, 0.4) is 0 Å². The molecule has 3 nitrogen and oxygen atoms in total. The molecule has 0 bridgehead atoms. The topological polar surface area (TPSA) is 35.5 Å². The van der Waals surface area contributed by atoms with Crippen LogP contribution in [-0.2, 0) is 4.57 Å². The summed E-state index contributed by atoms with van der Waals surface area (Å²) in [5.41, 5.74) is 1.42. The summed E-state index contributed by atoms with van der Waals surface area (Å²) in [6.45, 7) is -0.295. The Labute approximate surface area is 138 Å². The number of benzene rings is 2. The first-order valence-electron chi connectivity index (χ1n) is 5.98. The lowest BCUT2D eigenvalue weighted by atomic mass is 10.2. The van der Waals surface area contributed by atoms with Gasteiger partial charge in [0.1, 0.15) is 11.5 Å². The summed E-state index contributed by atoms with van der Waals surface area (Å²) >= 11 is 17.6. The van der Waals surface area contributed by atoms with Gasteiger partial charge in [-0.25, -0.2) is 4.57 Å². The first-order valence-corrected chi connectivity index (χ1v) is 9.18. The third-order valence-corrected chi connectivity index (χ3v) is 4.40. The highest BCUT2D eigenvalue weighted by atomic mass is 35.7. The third-order valence-electron chi connectivity index (χ3n) is 2.69. The van der Waals surface area contributed by atoms with Gasteiger partial charge in [-0.2, -0.15) is 0 Å². The van der Waals surface area contributed by atoms with Crippen LogP contribution in [0, 0.1) is 13.8 Å². The van der Waals surface area contributed by atoms with Crippen molar-refractivity contribution in [3.05, 3.63) is 57.6 Å². The van der Waals surface area contributed by atoms with Crippen molar-refractivity contribution < 1.29 is 13.6 Å². The molecule has 0 N–H and O–H groups in total. The summed E-state index contributed by atoms with van der Waals surface area (Å²) in [7, 11) is 0. The number of hydrogen-bond acceptors (Lipinski definition) is 3. The Balaban J connectivity index is 2.20. The second-order valence-electron chi connectivity index (χ2n) is 4.43. The van der Waals surface area contributed by atoms with Crippen molar-refractivity contribution in [2.75, 3.05) is 0 Å². The average Bonchev–Trinajstić information content (AvgIpc) is 2.36. The van der Waals surface area contributed by atoms with Crippen LogP contribution >= 0.6 is 41.4 Å². The van der Waals surface area contributed by atoms with E-state index in [9.17, 15) is 4.57 Å². The maximum absolute atomic E-state index is 12.3. The van der Waals surface area contributed by atoms with Gasteiger partial charge >= 0.3 is 6.95 Å². The van der Waals surface area contributed by atoms with Crippen molar-refractivity contribution in [1.29, 1.82) is 0 Å². The number of hydrogen-bond donors (Lipinski definition) is 0. The average molecular weight is 366 g/mol. The van der Waals surface area contributed by atoms with Crippen LogP contribution in [0.1, 0.15) is 11.1 Å². The molecule has 0 spiro atoms. The van der Waals surface area contributed by atoms with E-state index in [1.54, 1.807) is 50.2 Å². The highest BCUT2D eigenvalue weighted by molar-refractivity contribution is 7.82. The molecule has 0 aliphatic rings. The van der Waals surface area contributed by atoms with Gasteiger partial charge < -0.3 is 9.05 Å². The standard InChI is InChI=1S/C14H12Cl3O3P/c1-9-7-11(15)3-5-13(9)19-21(17,18)20-14-6-4-12(16)8-10(14)2/h3-8H,1-2H3. The molecule has 0 heterocycles. The summed E-state index contributed by atoms with van der Waals surface area (Å²) in [5.74, 6) is 0.702. The summed E-state index contributed by atoms with van der Waals surface area (Å²) in [6.07, 6.45) is 0. The molecule has 0 aromatic heterocycles. The van der Waals surface area contributed by atoms with Crippen LogP contribution in [0.25, 0.3) is 0 Å². The fourth-order valence-corrected chi connectivity index (χ4v) is 3.50. The minimum absolute atomic E-state index is 0.351. The molecule has 0 unspecified atom stereocenters. The van der Waals surface area contributed by atoms with Crippen LogP contribution in [-0.4, -0.2) is 0 Å². The van der Waals surface area contributed by atoms with E-state index in [0.29, 0.717) is 32.7 Å². The van der Waals surface area contributed by atoms with E-state index < -0.39 is 6.95 Å². The zero-order chi connectivity index (χ0) is 15.6. The highest BCUT2D eigenvalue weighted by Crippen LogP contribution is 2.54. The van der Waals surface area contributed by atoms with Gasteiger partial charge in [-0.3, -0.25) is 0 Å². The van der Waals surface area contributed by atoms with Gasteiger partial charge in [-0.1, -0.05) is 23.2 Å². The summed E-state index contributed by atoms with van der Waals surface area (Å²) in [4.78, 5) is 0. The SMILES string of the molecule is Cc1cc(Cl)ccc1OP(=O)(Cl)Oc1ccc(Cl)cc1C. The maximum Gasteiger partial charge on any atom is 0.530 e. The number of rotatable bonds is 4. The van der Waals surface area contributed by atoms with Gasteiger partial charge in [-0.05, 0) is 61.4 Å². The van der Waals surface area contributed by atoms with E-state index >= 15 is 0 Å². The van der Waals surface area contributed by atoms with E-state index in [-0.39, 0.29) is 0 Å². The highest BCUT2D eigenvalue weighted by Gasteiger charge is 2.26. The summed E-state index contributed by atoms with van der Waals surface area (Å²) < 4.78 is 22.8. The molecule has 0 fully saturated rings. The molecule has 0 amide bonds. The summed E-state index contributed by atoms with van der Waals surface area (Å²) in [6, 6.07) is 9.78. The van der Waals surface area contributed by atoms with Gasteiger partial charge in [0, 0.05) is 21.3 Å². The number of halogens is 3. The van der Waals surface area contributed by atoms with E-state index in [2.05, 4.69) is 0 Å². The van der Waals surface area contributed by atoms with Gasteiger partial charge in [0.25, 0.3) is 0 Å². The molecule has 0 saturated carbocycles. The molecule has 112 valence electrons. The Hall–Kier alpha value is -0.860. The molecule has 2 rings (SSSR count). The van der Waals surface area contributed by atoms with Crippen molar-refractivity contribution in [3.8, 4) is 11.5 Å². The zero-order valence-corrected chi connectivity index (χ0v) is 14.4. The van der Waals surface area contributed by atoms with E-state index in [4.69, 9.17) is 43.5 Å². The van der Waals surface area contributed by atoms with Gasteiger partial charge in [0.2, 0.25) is 0 Å². The molecule has 21 heavy (non-hydrogen) atoms. The monoisotopic (exact) mass is 364 g/mol. The normalized spacial score (nSPS) is 11.3. The second-order valence-corrected chi connectivity index (χ2v) is 7.77. The Morgan fingerprint density at radius 2 is 1.24 bits per heavy atom. The van der Waals surface area contributed by atoms with Crippen molar-refractivity contribution in [2.45, 2.75) is 13.8 Å².